The Kier molecular flexibility index (Phi) is 4.19. The van der Waals surface area contributed by atoms with Crippen LogP contribution in [0.3, 0.4) is 0 Å². The molecule has 1 amide bonds. The van der Waals surface area contributed by atoms with Crippen LogP contribution in [0.2, 0.25) is 0 Å². The molecule has 0 saturated carbocycles. The van der Waals surface area contributed by atoms with Crippen LogP contribution in [0, 0.1) is 0 Å². The molecule has 5 heteroatoms. The number of hydrogen-bond donors (Lipinski definition) is 0. The molecule has 1 fully saturated rings. The van der Waals surface area contributed by atoms with E-state index in [2.05, 4.69) is 6.07 Å². The SMILES string of the molecule is COC(=O)[C@H]1CCCCN1C(=O)C1CSc2ccccc21. The minimum atomic E-state index is -0.408. The van der Waals surface area contributed by atoms with Crippen LogP contribution in [0.25, 0.3) is 0 Å². The zero-order valence-corrected chi connectivity index (χ0v) is 12.9. The Hall–Kier alpha value is -1.49. The molecule has 0 aromatic heterocycles. The van der Waals surface area contributed by atoms with Crippen LogP contribution in [-0.4, -0.2) is 42.2 Å². The predicted octanol–water partition coefficient (Wildman–Crippen LogP) is 2.43. The van der Waals surface area contributed by atoms with Crippen molar-refractivity contribution in [1.82, 2.24) is 4.90 Å². The third-order valence-corrected chi connectivity index (χ3v) is 5.44. The van der Waals surface area contributed by atoms with Gasteiger partial charge in [0.05, 0.1) is 13.0 Å². The van der Waals surface area contributed by atoms with Crippen molar-refractivity contribution in [3.8, 4) is 0 Å². The number of fused-ring (bicyclic) bond motifs is 1. The molecule has 1 unspecified atom stereocenters. The number of rotatable bonds is 2. The fourth-order valence-corrected chi connectivity index (χ4v) is 4.36. The van der Waals surface area contributed by atoms with Crippen LogP contribution in [-0.2, 0) is 14.3 Å². The normalized spacial score (nSPS) is 24.5. The highest BCUT2D eigenvalue weighted by molar-refractivity contribution is 7.99. The van der Waals surface area contributed by atoms with Crippen molar-refractivity contribution < 1.29 is 14.3 Å². The molecular formula is C16H19NO3S. The Morgan fingerprint density at radius 3 is 2.90 bits per heavy atom. The van der Waals surface area contributed by atoms with Crippen LogP contribution in [0.1, 0.15) is 30.7 Å². The summed E-state index contributed by atoms with van der Waals surface area (Å²) in [4.78, 5) is 27.7. The fourth-order valence-electron chi connectivity index (χ4n) is 3.14. The number of carbonyl (C=O) groups is 2. The third-order valence-electron chi connectivity index (χ3n) is 4.26. The van der Waals surface area contributed by atoms with Gasteiger partial charge in [-0.2, -0.15) is 0 Å². The molecule has 1 aromatic rings. The fraction of sp³-hybridized carbons (Fsp3) is 0.500. The van der Waals surface area contributed by atoms with Gasteiger partial charge in [-0.25, -0.2) is 4.79 Å². The molecule has 1 aromatic carbocycles. The number of nitrogens with zero attached hydrogens (tertiary/aromatic N) is 1. The third kappa shape index (κ3) is 2.67. The van der Waals surface area contributed by atoms with Crippen molar-refractivity contribution in [3.63, 3.8) is 0 Å². The van der Waals surface area contributed by atoms with Gasteiger partial charge in [-0.05, 0) is 30.9 Å². The lowest BCUT2D eigenvalue weighted by Crippen LogP contribution is -2.50. The zero-order valence-electron chi connectivity index (χ0n) is 12.1. The first-order chi connectivity index (χ1) is 10.2. The van der Waals surface area contributed by atoms with Gasteiger partial charge in [-0.1, -0.05) is 18.2 Å². The van der Waals surface area contributed by atoms with Crippen molar-refractivity contribution in [2.24, 2.45) is 0 Å². The number of thioether (sulfide) groups is 1. The second-order valence-electron chi connectivity index (χ2n) is 5.47. The molecule has 1 saturated heterocycles. The van der Waals surface area contributed by atoms with Crippen molar-refractivity contribution in [2.45, 2.75) is 36.1 Å². The summed E-state index contributed by atoms with van der Waals surface area (Å²) in [6.07, 6.45) is 2.64. The minimum absolute atomic E-state index is 0.0718. The van der Waals surface area contributed by atoms with E-state index in [1.54, 1.807) is 16.7 Å². The van der Waals surface area contributed by atoms with Crippen LogP contribution in [0.15, 0.2) is 29.2 Å². The minimum Gasteiger partial charge on any atom is -0.467 e. The molecule has 2 atom stereocenters. The summed E-state index contributed by atoms with van der Waals surface area (Å²) in [5.41, 5.74) is 1.10. The standard InChI is InChI=1S/C16H19NO3S/c1-20-16(19)13-7-4-5-9-17(13)15(18)12-10-21-14-8-3-2-6-11(12)14/h2-3,6,8,12-13H,4-5,7,9-10H2,1H3/t12?,13-/m1/s1. The van der Waals surface area contributed by atoms with Crippen molar-refractivity contribution in [2.75, 3.05) is 19.4 Å². The first kappa shape index (κ1) is 14.4. The first-order valence-corrected chi connectivity index (χ1v) is 8.31. The second kappa shape index (κ2) is 6.10. The van der Waals surface area contributed by atoms with E-state index < -0.39 is 6.04 Å². The molecule has 2 heterocycles. The average molecular weight is 305 g/mol. The highest BCUT2D eigenvalue weighted by Crippen LogP contribution is 2.40. The lowest BCUT2D eigenvalue weighted by atomic mass is 9.95. The van der Waals surface area contributed by atoms with Crippen LogP contribution in [0.4, 0.5) is 0 Å². The monoisotopic (exact) mass is 305 g/mol. The Morgan fingerprint density at radius 1 is 1.29 bits per heavy atom. The summed E-state index contributed by atoms with van der Waals surface area (Å²) in [7, 11) is 1.39. The van der Waals surface area contributed by atoms with Gasteiger partial charge >= 0.3 is 5.97 Å². The number of benzene rings is 1. The summed E-state index contributed by atoms with van der Waals surface area (Å²) in [5, 5.41) is 0. The van der Waals surface area contributed by atoms with Gasteiger partial charge in [0.25, 0.3) is 0 Å². The van der Waals surface area contributed by atoms with Gasteiger partial charge in [-0.3, -0.25) is 4.79 Å². The van der Waals surface area contributed by atoms with Crippen LogP contribution in [0.5, 0.6) is 0 Å². The van der Waals surface area contributed by atoms with Gasteiger partial charge in [-0.15, -0.1) is 11.8 Å². The van der Waals surface area contributed by atoms with E-state index in [1.807, 2.05) is 18.2 Å². The molecular weight excluding hydrogens is 286 g/mol. The van der Waals surface area contributed by atoms with Gasteiger partial charge < -0.3 is 9.64 Å². The molecule has 112 valence electrons. The molecule has 0 aliphatic carbocycles. The number of methoxy groups -OCH3 is 1. The van der Waals surface area contributed by atoms with E-state index in [-0.39, 0.29) is 17.8 Å². The maximum atomic E-state index is 12.9. The molecule has 0 spiro atoms. The average Bonchev–Trinajstić information content (AvgIpc) is 2.97. The van der Waals surface area contributed by atoms with E-state index in [1.165, 1.54) is 12.0 Å². The molecule has 0 radical (unpaired) electrons. The Morgan fingerprint density at radius 2 is 2.10 bits per heavy atom. The molecule has 0 bridgehead atoms. The van der Waals surface area contributed by atoms with Crippen molar-refractivity contribution in [3.05, 3.63) is 29.8 Å². The quantitative estimate of drug-likeness (QED) is 0.787. The van der Waals surface area contributed by atoms with Gasteiger partial charge in [0, 0.05) is 17.2 Å². The van der Waals surface area contributed by atoms with E-state index in [9.17, 15) is 9.59 Å². The molecule has 4 nitrogen and oxygen atoms in total. The van der Waals surface area contributed by atoms with E-state index >= 15 is 0 Å². The Balaban J connectivity index is 1.82. The van der Waals surface area contributed by atoms with E-state index in [0.29, 0.717) is 13.0 Å². The van der Waals surface area contributed by atoms with Crippen LogP contribution >= 0.6 is 11.8 Å². The number of carbonyl (C=O) groups excluding carboxylic acids is 2. The highest BCUT2D eigenvalue weighted by atomic mass is 32.2. The zero-order chi connectivity index (χ0) is 14.8. The first-order valence-electron chi connectivity index (χ1n) is 7.32. The Bertz CT molecular complexity index is 560. The number of likely N-dealkylation sites (tertiary alicyclic amines) is 1. The number of piperidine rings is 1. The van der Waals surface area contributed by atoms with Crippen molar-refractivity contribution >= 4 is 23.6 Å². The summed E-state index contributed by atoms with van der Waals surface area (Å²) in [5.74, 6) is 0.420. The highest BCUT2D eigenvalue weighted by Gasteiger charge is 2.38. The number of amides is 1. The molecule has 3 rings (SSSR count). The molecule has 2 aliphatic heterocycles. The molecule has 2 aliphatic rings. The van der Waals surface area contributed by atoms with Crippen molar-refractivity contribution in [1.29, 1.82) is 0 Å². The van der Waals surface area contributed by atoms with Gasteiger partial charge in [0.15, 0.2) is 0 Å². The van der Waals surface area contributed by atoms with E-state index in [0.717, 1.165) is 24.2 Å². The second-order valence-corrected chi connectivity index (χ2v) is 6.53. The largest absolute Gasteiger partial charge is 0.467 e. The van der Waals surface area contributed by atoms with Crippen LogP contribution < -0.4 is 0 Å². The maximum absolute atomic E-state index is 12.9. The summed E-state index contributed by atoms with van der Waals surface area (Å²) >= 11 is 1.72. The molecule has 0 N–H and O–H groups in total. The number of esters is 1. The van der Waals surface area contributed by atoms with E-state index in [4.69, 9.17) is 4.74 Å². The number of ether oxygens (including phenoxy) is 1. The number of hydrogen-bond acceptors (Lipinski definition) is 4. The smallest absolute Gasteiger partial charge is 0.328 e. The Labute approximate surface area is 128 Å². The topological polar surface area (TPSA) is 46.6 Å². The summed E-state index contributed by atoms with van der Waals surface area (Å²) < 4.78 is 4.86. The summed E-state index contributed by atoms with van der Waals surface area (Å²) in [6, 6.07) is 7.64. The maximum Gasteiger partial charge on any atom is 0.328 e. The van der Waals surface area contributed by atoms with Gasteiger partial charge in [0.2, 0.25) is 5.91 Å². The summed E-state index contributed by atoms with van der Waals surface area (Å²) in [6.45, 7) is 0.655. The molecule has 21 heavy (non-hydrogen) atoms. The van der Waals surface area contributed by atoms with Gasteiger partial charge in [0.1, 0.15) is 6.04 Å². The predicted molar refractivity (Wildman–Crippen MR) is 81.3 cm³/mol. The lowest BCUT2D eigenvalue weighted by Gasteiger charge is -2.35. The lowest BCUT2D eigenvalue weighted by molar-refractivity contribution is -0.155.